The van der Waals surface area contributed by atoms with Crippen molar-refractivity contribution in [2.24, 2.45) is 0 Å². The van der Waals surface area contributed by atoms with E-state index >= 15 is 0 Å². The van der Waals surface area contributed by atoms with Crippen LogP contribution in [-0.4, -0.2) is 11.8 Å². The Morgan fingerprint density at radius 3 is 2.48 bits per heavy atom. The molecule has 0 atom stereocenters. The van der Waals surface area contributed by atoms with E-state index in [1.54, 1.807) is 12.1 Å². The summed E-state index contributed by atoms with van der Waals surface area (Å²) >= 11 is 7.52. The normalized spacial score (nSPS) is 15.3. The third-order valence-electron chi connectivity index (χ3n) is 3.61. The largest absolute Gasteiger partial charge is 0.277 e. The van der Waals surface area contributed by atoms with Crippen LogP contribution in [0.2, 0.25) is 0 Å². The lowest BCUT2D eigenvalue weighted by molar-refractivity contribution is -0.119. The minimum atomic E-state index is -0.459. The first-order valence-electron chi connectivity index (χ1n) is 6.41. The number of carbonyl (C=O) groups is 2. The highest BCUT2D eigenvalue weighted by molar-refractivity contribution is 7.11. The topological polar surface area (TPSA) is 37.4 Å². The van der Waals surface area contributed by atoms with Crippen LogP contribution in [0.3, 0.4) is 0 Å². The molecule has 0 unspecified atom stereocenters. The molecule has 1 aromatic heterocycles. The summed E-state index contributed by atoms with van der Waals surface area (Å²) in [5.41, 5.74) is 2.80. The van der Waals surface area contributed by atoms with Gasteiger partial charge in [-0.15, -0.1) is 11.3 Å². The Kier molecular flexibility index (Phi) is 3.43. The Balaban J connectivity index is 2.11. The third kappa shape index (κ3) is 2.11. The maximum absolute atomic E-state index is 12.7. The molecule has 106 valence electrons. The number of thiophene rings is 1. The molecule has 2 aromatic rings. The lowest BCUT2D eigenvalue weighted by Gasteiger charge is -2.18. The minimum Gasteiger partial charge on any atom is -0.268 e. The van der Waals surface area contributed by atoms with Crippen LogP contribution in [0.5, 0.6) is 0 Å². The lowest BCUT2D eigenvalue weighted by atomic mass is 10.1. The van der Waals surface area contributed by atoms with Gasteiger partial charge >= 0.3 is 0 Å². The van der Waals surface area contributed by atoms with Crippen molar-refractivity contribution >= 4 is 46.0 Å². The number of halogens is 1. The Morgan fingerprint density at radius 2 is 1.81 bits per heavy atom. The van der Waals surface area contributed by atoms with Gasteiger partial charge in [0, 0.05) is 4.88 Å². The molecule has 0 radical (unpaired) electrons. The van der Waals surface area contributed by atoms with Crippen molar-refractivity contribution < 1.29 is 9.59 Å². The maximum atomic E-state index is 12.7. The van der Waals surface area contributed by atoms with Gasteiger partial charge in [0.1, 0.15) is 5.03 Å². The van der Waals surface area contributed by atoms with E-state index in [0.29, 0.717) is 10.6 Å². The van der Waals surface area contributed by atoms with Gasteiger partial charge in [0.25, 0.3) is 11.8 Å². The fourth-order valence-corrected chi connectivity index (χ4v) is 3.43. The number of hydrogen-bond acceptors (Lipinski definition) is 3. The number of amides is 2. The molecule has 0 fully saturated rings. The van der Waals surface area contributed by atoms with Crippen molar-refractivity contribution in [3.05, 3.63) is 56.7 Å². The van der Waals surface area contributed by atoms with Gasteiger partial charge in [0.2, 0.25) is 0 Å². The van der Waals surface area contributed by atoms with Gasteiger partial charge in [-0.25, -0.2) is 4.90 Å². The van der Waals surface area contributed by atoms with Gasteiger partial charge in [-0.2, -0.15) is 0 Å². The molecule has 2 amide bonds. The van der Waals surface area contributed by atoms with Crippen LogP contribution < -0.4 is 4.90 Å². The van der Waals surface area contributed by atoms with E-state index in [9.17, 15) is 9.59 Å². The van der Waals surface area contributed by atoms with Crippen molar-refractivity contribution in [2.45, 2.75) is 13.8 Å². The van der Waals surface area contributed by atoms with Crippen LogP contribution >= 0.6 is 22.9 Å². The Bertz CT molecular complexity index is 778. The molecule has 0 N–H and O–H groups in total. The van der Waals surface area contributed by atoms with E-state index in [4.69, 9.17) is 11.6 Å². The number of anilines is 1. The van der Waals surface area contributed by atoms with E-state index < -0.39 is 5.91 Å². The van der Waals surface area contributed by atoms with Crippen LogP contribution in [0.1, 0.15) is 16.0 Å². The zero-order valence-electron chi connectivity index (χ0n) is 11.5. The fourth-order valence-electron chi connectivity index (χ4n) is 2.33. The molecule has 21 heavy (non-hydrogen) atoms. The molecule has 3 nitrogen and oxygen atoms in total. The van der Waals surface area contributed by atoms with Crippen LogP contribution in [0.25, 0.3) is 5.57 Å². The lowest BCUT2D eigenvalue weighted by Crippen LogP contribution is -2.31. The zero-order chi connectivity index (χ0) is 15.1. The van der Waals surface area contributed by atoms with Crippen molar-refractivity contribution in [3.8, 4) is 0 Å². The number of hydrogen-bond donors (Lipinski definition) is 0. The number of carbonyl (C=O) groups excluding carboxylic acids is 2. The summed E-state index contributed by atoms with van der Waals surface area (Å²) in [6, 6.07) is 9.16. The smallest absolute Gasteiger partial charge is 0.268 e. The van der Waals surface area contributed by atoms with Crippen LogP contribution in [0, 0.1) is 13.8 Å². The number of benzene rings is 1. The number of imide groups is 1. The average molecular weight is 318 g/mol. The molecular formula is C16H12ClNO2S. The SMILES string of the molecule is Cc1cccc(N2C(=O)C(Cl)=C(c3cccs3)C2=O)c1C. The Morgan fingerprint density at radius 1 is 1.05 bits per heavy atom. The Hall–Kier alpha value is -1.91. The summed E-state index contributed by atoms with van der Waals surface area (Å²) in [5, 5.41) is 1.84. The highest BCUT2D eigenvalue weighted by Gasteiger charge is 2.40. The summed E-state index contributed by atoms with van der Waals surface area (Å²) in [7, 11) is 0. The minimum absolute atomic E-state index is 0.0108. The second-order valence-corrected chi connectivity index (χ2v) is 6.16. The van der Waals surface area contributed by atoms with Crippen molar-refractivity contribution in [1.82, 2.24) is 0 Å². The summed E-state index contributed by atoms with van der Waals surface area (Å²) in [4.78, 5) is 26.9. The third-order valence-corrected chi connectivity index (χ3v) is 4.85. The van der Waals surface area contributed by atoms with Crippen molar-refractivity contribution in [2.75, 3.05) is 4.90 Å². The number of nitrogens with zero attached hydrogens (tertiary/aromatic N) is 1. The van der Waals surface area contributed by atoms with Crippen LogP contribution in [0.4, 0.5) is 5.69 Å². The number of aryl methyl sites for hydroxylation is 1. The van der Waals surface area contributed by atoms with Crippen molar-refractivity contribution in [3.63, 3.8) is 0 Å². The van der Waals surface area contributed by atoms with Gasteiger partial charge < -0.3 is 0 Å². The summed E-state index contributed by atoms with van der Waals surface area (Å²) in [6.45, 7) is 3.83. The predicted molar refractivity (Wildman–Crippen MR) is 85.5 cm³/mol. The fraction of sp³-hybridized carbons (Fsp3) is 0.125. The van der Waals surface area contributed by atoms with E-state index in [2.05, 4.69) is 0 Å². The first-order valence-corrected chi connectivity index (χ1v) is 7.66. The standard InChI is InChI=1S/C16H12ClNO2S/c1-9-5-3-6-11(10(9)2)18-15(19)13(14(17)16(18)20)12-7-4-8-21-12/h3-8H,1-2H3. The van der Waals surface area contributed by atoms with Gasteiger partial charge in [-0.3, -0.25) is 9.59 Å². The molecule has 1 aliphatic heterocycles. The van der Waals surface area contributed by atoms with E-state index in [-0.39, 0.29) is 16.5 Å². The van der Waals surface area contributed by atoms with Gasteiger partial charge in [0.15, 0.2) is 0 Å². The average Bonchev–Trinajstić information content (AvgIpc) is 3.03. The summed E-state index contributed by atoms with van der Waals surface area (Å²) in [5.74, 6) is -0.820. The molecule has 0 bridgehead atoms. The Labute approximate surface area is 131 Å². The van der Waals surface area contributed by atoms with E-state index in [1.807, 2.05) is 37.4 Å². The maximum Gasteiger partial charge on any atom is 0.277 e. The first-order chi connectivity index (χ1) is 10.0. The van der Waals surface area contributed by atoms with Crippen LogP contribution in [0.15, 0.2) is 40.7 Å². The number of rotatable bonds is 2. The predicted octanol–water partition coefficient (Wildman–Crippen LogP) is 3.89. The van der Waals surface area contributed by atoms with Crippen LogP contribution in [-0.2, 0) is 9.59 Å². The van der Waals surface area contributed by atoms with E-state index in [1.165, 1.54) is 16.2 Å². The molecule has 1 aliphatic rings. The second-order valence-electron chi connectivity index (χ2n) is 4.83. The van der Waals surface area contributed by atoms with Crippen molar-refractivity contribution in [1.29, 1.82) is 0 Å². The molecule has 5 heteroatoms. The monoisotopic (exact) mass is 317 g/mol. The van der Waals surface area contributed by atoms with E-state index in [0.717, 1.165) is 11.1 Å². The van der Waals surface area contributed by atoms with Gasteiger partial charge in [-0.05, 0) is 42.5 Å². The molecule has 2 heterocycles. The van der Waals surface area contributed by atoms with Gasteiger partial charge in [-0.1, -0.05) is 29.8 Å². The quantitative estimate of drug-likeness (QED) is 0.788. The highest BCUT2D eigenvalue weighted by Crippen LogP contribution is 2.37. The zero-order valence-corrected chi connectivity index (χ0v) is 13.1. The molecule has 0 spiro atoms. The molecule has 0 saturated carbocycles. The summed E-state index contributed by atoms with van der Waals surface area (Å²) < 4.78 is 0. The second kappa shape index (κ2) is 5.13. The molecule has 0 aliphatic carbocycles. The van der Waals surface area contributed by atoms with Gasteiger partial charge in [0.05, 0.1) is 11.3 Å². The first kappa shape index (κ1) is 14.0. The highest BCUT2D eigenvalue weighted by atomic mass is 35.5. The molecule has 1 aromatic carbocycles. The molecular weight excluding hydrogens is 306 g/mol. The molecule has 3 rings (SSSR count). The molecule has 0 saturated heterocycles. The summed E-state index contributed by atoms with van der Waals surface area (Å²) in [6.07, 6.45) is 0.